The van der Waals surface area contributed by atoms with Crippen LogP contribution < -0.4 is 5.73 Å². The zero-order valence-corrected chi connectivity index (χ0v) is 11.8. The highest BCUT2D eigenvalue weighted by molar-refractivity contribution is 7.80. The predicted molar refractivity (Wildman–Crippen MR) is 76.0 cm³/mol. The van der Waals surface area contributed by atoms with Crippen LogP contribution in [0.2, 0.25) is 0 Å². The summed E-state index contributed by atoms with van der Waals surface area (Å²) >= 11 is 6.87. The molecule has 1 rings (SSSR count). The molecule has 0 amide bonds. The third kappa shape index (κ3) is 4.20. The van der Waals surface area contributed by atoms with Gasteiger partial charge >= 0.3 is 0 Å². The van der Waals surface area contributed by atoms with E-state index in [0.29, 0.717) is 4.99 Å². The minimum atomic E-state index is 0.283. The summed E-state index contributed by atoms with van der Waals surface area (Å²) in [6.45, 7) is 6.17. The van der Waals surface area contributed by atoms with E-state index in [1.165, 1.54) is 9.75 Å². The van der Waals surface area contributed by atoms with Crippen LogP contribution in [-0.2, 0) is 13.0 Å². The fourth-order valence-electron chi connectivity index (χ4n) is 1.59. The van der Waals surface area contributed by atoms with Crippen molar-refractivity contribution in [3.63, 3.8) is 0 Å². The highest BCUT2D eigenvalue weighted by atomic mass is 32.1. The molecule has 1 unspecified atom stereocenters. The number of nitrogens with zero attached hydrogens (tertiary/aromatic N) is 1. The van der Waals surface area contributed by atoms with Gasteiger partial charge in [-0.2, -0.15) is 0 Å². The fourth-order valence-corrected chi connectivity index (χ4v) is 2.70. The molecule has 0 spiro atoms. The van der Waals surface area contributed by atoms with Crippen LogP contribution in [-0.4, -0.2) is 23.5 Å². The Balaban J connectivity index is 2.44. The number of hydrogen-bond donors (Lipinski definition) is 1. The van der Waals surface area contributed by atoms with Gasteiger partial charge in [-0.15, -0.1) is 11.3 Å². The Morgan fingerprint density at radius 1 is 1.50 bits per heavy atom. The third-order valence-corrected chi connectivity index (χ3v) is 4.18. The minimum Gasteiger partial charge on any atom is -0.393 e. The summed E-state index contributed by atoms with van der Waals surface area (Å²) in [5, 5.41) is 0. The van der Waals surface area contributed by atoms with Crippen LogP contribution in [0.4, 0.5) is 0 Å². The second-order valence-corrected chi connectivity index (χ2v) is 5.95. The minimum absolute atomic E-state index is 0.283. The molecular weight excluding hydrogens is 236 g/mol. The Morgan fingerprint density at radius 3 is 2.62 bits per heavy atom. The molecular formula is C12H20N2S2. The van der Waals surface area contributed by atoms with Crippen molar-refractivity contribution in [3.8, 4) is 0 Å². The Labute approximate surface area is 107 Å². The van der Waals surface area contributed by atoms with Gasteiger partial charge in [0.15, 0.2) is 0 Å². The molecule has 1 heterocycles. The van der Waals surface area contributed by atoms with Crippen molar-refractivity contribution in [1.29, 1.82) is 0 Å². The van der Waals surface area contributed by atoms with Crippen LogP contribution in [0.1, 0.15) is 23.6 Å². The van der Waals surface area contributed by atoms with Gasteiger partial charge in [-0.05, 0) is 25.6 Å². The van der Waals surface area contributed by atoms with Crippen LogP contribution in [0.3, 0.4) is 0 Å². The van der Waals surface area contributed by atoms with E-state index in [1.54, 1.807) is 0 Å². The zero-order valence-electron chi connectivity index (χ0n) is 10.2. The third-order valence-electron chi connectivity index (χ3n) is 2.56. The van der Waals surface area contributed by atoms with Gasteiger partial charge in [-0.1, -0.05) is 26.1 Å². The van der Waals surface area contributed by atoms with Gasteiger partial charge < -0.3 is 10.6 Å². The lowest BCUT2D eigenvalue weighted by Gasteiger charge is -2.19. The van der Waals surface area contributed by atoms with Gasteiger partial charge in [0.1, 0.15) is 0 Å². The van der Waals surface area contributed by atoms with Crippen molar-refractivity contribution in [3.05, 3.63) is 21.9 Å². The first-order chi connectivity index (χ1) is 7.52. The highest BCUT2D eigenvalue weighted by Gasteiger charge is 2.10. The second-order valence-electron chi connectivity index (χ2n) is 4.22. The van der Waals surface area contributed by atoms with E-state index in [1.807, 2.05) is 11.3 Å². The molecule has 0 radical (unpaired) electrons. The van der Waals surface area contributed by atoms with Gasteiger partial charge in [0.25, 0.3) is 0 Å². The van der Waals surface area contributed by atoms with Crippen LogP contribution in [0.15, 0.2) is 12.1 Å². The number of nitrogens with two attached hydrogens (primary N) is 1. The molecule has 1 aromatic heterocycles. The fraction of sp³-hybridized carbons (Fsp3) is 0.583. The lowest BCUT2D eigenvalue weighted by Crippen LogP contribution is -2.30. The van der Waals surface area contributed by atoms with Crippen molar-refractivity contribution < 1.29 is 0 Å². The summed E-state index contributed by atoms with van der Waals surface area (Å²) in [7, 11) is 2.11. The Kier molecular flexibility index (Phi) is 5.38. The number of thiophene rings is 1. The first kappa shape index (κ1) is 13.6. The zero-order chi connectivity index (χ0) is 12.1. The molecule has 1 aromatic rings. The molecule has 2 N–H and O–H groups in total. The van der Waals surface area contributed by atoms with Crippen LogP contribution >= 0.6 is 23.6 Å². The second kappa shape index (κ2) is 6.33. The molecule has 0 fully saturated rings. The molecule has 2 nitrogen and oxygen atoms in total. The van der Waals surface area contributed by atoms with Crippen molar-refractivity contribution in [1.82, 2.24) is 4.90 Å². The van der Waals surface area contributed by atoms with Crippen molar-refractivity contribution in [2.45, 2.75) is 26.8 Å². The molecule has 0 aromatic carbocycles. The number of hydrogen-bond acceptors (Lipinski definition) is 3. The van der Waals surface area contributed by atoms with Gasteiger partial charge in [0, 0.05) is 28.8 Å². The standard InChI is InChI=1S/C12H20N2S2/c1-4-10-5-6-11(16-10)8-14(3)7-9(2)12(13)15/h5-6,9H,4,7-8H2,1-3H3,(H2,13,15). The van der Waals surface area contributed by atoms with Gasteiger partial charge in [-0.25, -0.2) is 0 Å². The molecule has 1 atom stereocenters. The summed E-state index contributed by atoms with van der Waals surface area (Å²) < 4.78 is 0. The maximum absolute atomic E-state index is 5.61. The van der Waals surface area contributed by atoms with Gasteiger partial charge in [0.2, 0.25) is 0 Å². The van der Waals surface area contributed by atoms with E-state index < -0.39 is 0 Å². The van der Waals surface area contributed by atoms with Gasteiger partial charge in [-0.3, -0.25) is 0 Å². The van der Waals surface area contributed by atoms with E-state index in [2.05, 4.69) is 37.9 Å². The largest absolute Gasteiger partial charge is 0.393 e. The Morgan fingerprint density at radius 2 is 2.12 bits per heavy atom. The first-order valence-electron chi connectivity index (χ1n) is 5.58. The molecule has 90 valence electrons. The molecule has 0 bridgehead atoms. The summed E-state index contributed by atoms with van der Waals surface area (Å²) in [5.41, 5.74) is 5.61. The molecule has 0 aliphatic heterocycles. The summed E-state index contributed by atoms with van der Waals surface area (Å²) in [6.07, 6.45) is 1.12. The van der Waals surface area contributed by atoms with Crippen molar-refractivity contribution >= 4 is 28.5 Å². The van der Waals surface area contributed by atoms with E-state index >= 15 is 0 Å². The lowest BCUT2D eigenvalue weighted by molar-refractivity contribution is 0.310. The van der Waals surface area contributed by atoms with Crippen LogP contribution in [0.5, 0.6) is 0 Å². The molecule has 4 heteroatoms. The van der Waals surface area contributed by atoms with Gasteiger partial charge in [0.05, 0.1) is 4.99 Å². The number of aryl methyl sites for hydroxylation is 1. The Hall–Kier alpha value is -0.450. The molecule has 0 aliphatic rings. The predicted octanol–water partition coefficient (Wildman–Crippen LogP) is 2.66. The molecule has 0 aliphatic carbocycles. The Bertz CT molecular complexity index is 347. The number of rotatable bonds is 6. The maximum atomic E-state index is 5.61. The lowest BCUT2D eigenvalue weighted by atomic mass is 10.2. The average molecular weight is 256 g/mol. The maximum Gasteiger partial charge on any atom is 0.0768 e. The molecule has 0 saturated heterocycles. The van der Waals surface area contributed by atoms with E-state index in [0.717, 1.165) is 19.5 Å². The number of thiocarbonyl (C=S) groups is 1. The highest BCUT2D eigenvalue weighted by Crippen LogP contribution is 2.18. The van der Waals surface area contributed by atoms with Crippen molar-refractivity contribution in [2.75, 3.05) is 13.6 Å². The first-order valence-corrected chi connectivity index (χ1v) is 6.80. The normalized spacial score (nSPS) is 13.0. The van der Waals surface area contributed by atoms with Crippen LogP contribution in [0.25, 0.3) is 0 Å². The smallest absolute Gasteiger partial charge is 0.0768 e. The summed E-state index contributed by atoms with van der Waals surface area (Å²) in [6, 6.07) is 4.43. The van der Waals surface area contributed by atoms with Crippen LogP contribution in [0, 0.1) is 5.92 Å². The molecule has 16 heavy (non-hydrogen) atoms. The van der Waals surface area contributed by atoms with E-state index in [-0.39, 0.29) is 5.92 Å². The molecule has 0 saturated carbocycles. The monoisotopic (exact) mass is 256 g/mol. The quantitative estimate of drug-likeness (QED) is 0.794. The van der Waals surface area contributed by atoms with Crippen molar-refractivity contribution in [2.24, 2.45) is 11.7 Å². The summed E-state index contributed by atoms with van der Waals surface area (Å²) in [5.74, 6) is 0.283. The van der Waals surface area contributed by atoms with E-state index in [9.17, 15) is 0 Å². The van der Waals surface area contributed by atoms with E-state index in [4.69, 9.17) is 18.0 Å². The average Bonchev–Trinajstić information content (AvgIpc) is 2.65. The SMILES string of the molecule is CCc1ccc(CN(C)CC(C)C(N)=S)s1. The summed E-state index contributed by atoms with van der Waals surface area (Å²) in [4.78, 5) is 5.74. The topological polar surface area (TPSA) is 29.3 Å².